The number of carbonyl (C=O) groups excluding carboxylic acids is 1. The Balaban J connectivity index is 1.87. The average Bonchev–Trinajstić information content (AvgIpc) is 3.00. The second-order valence-electron chi connectivity index (χ2n) is 6.89. The second-order valence-corrected chi connectivity index (χ2v) is 6.89. The van der Waals surface area contributed by atoms with Gasteiger partial charge in [0.15, 0.2) is 0 Å². The van der Waals surface area contributed by atoms with E-state index in [1.807, 2.05) is 80.1 Å². The second kappa shape index (κ2) is 9.19. The Bertz CT molecular complexity index is 1020. The van der Waals surface area contributed by atoms with Crippen molar-refractivity contribution in [1.82, 2.24) is 15.1 Å². The molecule has 0 unspecified atom stereocenters. The molecule has 2 N–H and O–H groups in total. The highest BCUT2D eigenvalue weighted by molar-refractivity contribution is 6.10. The normalized spacial score (nSPS) is 11.4. The molecule has 1 aromatic heterocycles. The van der Waals surface area contributed by atoms with Gasteiger partial charge in [0.25, 0.3) is 5.91 Å². The summed E-state index contributed by atoms with van der Waals surface area (Å²) < 4.78 is 1.97. The number of hydrogen-bond donors (Lipinski definition) is 2. The largest absolute Gasteiger partial charge is 0.326 e. The van der Waals surface area contributed by atoms with Crippen LogP contribution in [0.3, 0.4) is 0 Å². The third-order valence-corrected chi connectivity index (χ3v) is 4.88. The highest BCUT2D eigenvalue weighted by Gasteiger charge is 2.13. The first-order chi connectivity index (χ1) is 14.0. The number of hydrogen-bond acceptors (Lipinski definition) is 3. The number of aromatic nitrogens is 2. The van der Waals surface area contributed by atoms with Crippen molar-refractivity contribution in [3.63, 3.8) is 0 Å². The first kappa shape index (κ1) is 20.3. The monoisotopic (exact) mass is 389 g/mol. The van der Waals surface area contributed by atoms with Gasteiger partial charge in [-0.25, -0.2) is 4.99 Å². The first-order valence-corrected chi connectivity index (χ1v) is 9.76. The predicted molar refractivity (Wildman–Crippen MR) is 117 cm³/mol. The molecule has 0 saturated carbocycles. The number of guanidine groups is 1. The fourth-order valence-electron chi connectivity index (χ4n) is 3.20. The molecule has 0 aliphatic rings. The fraction of sp³-hybridized carbons (Fsp3) is 0.261. The van der Waals surface area contributed by atoms with Crippen LogP contribution < -0.4 is 10.6 Å². The molecule has 0 radical (unpaired) electrons. The number of benzene rings is 2. The van der Waals surface area contributed by atoms with E-state index in [0.29, 0.717) is 18.1 Å². The van der Waals surface area contributed by atoms with Crippen molar-refractivity contribution < 1.29 is 4.79 Å². The lowest BCUT2D eigenvalue weighted by atomic mass is 10.1. The van der Waals surface area contributed by atoms with Gasteiger partial charge >= 0.3 is 0 Å². The highest BCUT2D eigenvalue weighted by atomic mass is 16.1. The number of nitrogens with one attached hydrogen (secondary N) is 2. The molecule has 150 valence electrons. The molecule has 0 saturated heterocycles. The minimum atomic E-state index is -0.192. The van der Waals surface area contributed by atoms with Gasteiger partial charge in [0.05, 0.1) is 12.2 Å². The van der Waals surface area contributed by atoms with Crippen LogP contribution in [0.1, 0.15) is 39.8 Å². The molecular weight excluding hydrogens is 362 g/mol. The molecular formula is C23H27N5O. The van der Waals surface area contributed by atoms with Gasteiger partial charge in [-0.1, -0.05) is 36.4 Å². The minimum Gasteiger partial charge on any atom is -0.326 e. The number of para-hydroxylation sites is 1. The lowest BCUT2D eigenvalue weighted by Gasteiger charge is -2.13. The molecule has 0 fully saturated rings. The van der Waals surface area contributed by atoms with E-state index in [9.17, 15) is 4.79 Å². The Hall–Kier alpha value is -3.41. The fourth-order valence-corrected chi connectivity index (χ4v) is 3.20. The molecule has 0 atom stereocenters. The number of rotatable bonds is 5. The van der Waals surface area contributed by atoms with Gasteiger partial charge < -0.3 is 5.32 Å². The van der Waals surface area contributed by atoms with E-state index in [0.717, 1.165) is 34.7 Å². The highest BCUT2D eigenvalue weighted by Crippen LogP contribution is 2.15. The van der Waals surface area contributed by atoms with E-state index >= 15 is 0 Å². The summed E-state index contributed by atoms with van der Waals surface area (Å²) in [5.41, 5.74) is 5.52. The molecule has 2 aromatic carbocycles. The number of aliphatic imine (C=N–C) groups is 1. The molecule has 29 heavy (non-hydrogen) atoms. The molecule has 6 heteroatoms. The summed E-state index contributed by atoms with van der Waals surface area (Å²) >= 11 is 0. The number of amides is 1. The van der Waals surface area contributed by atoms with E-state index in [1.165, 1.54) is 0 Å². The Morgan fingerprint density at radius 1 is 1.03 bits per heavy atom. The molecule has 3 aromatic rings. The topological polar surface area (TPSA) is 71.3 Å². The van der Waals surface area contributed by atoms with Crippen molar-refractivity contribution >= 4 is 17.6 Å². The van der Waals surface area contributed by atoms with Gasteiger partial charge in [0.2, 0.25) is 5.96 Å². The van der Waals surface area contributed by atoms with Gasteiger partial charge in [0.1, 0.15) is 0 Å². The summed E-state index contributed by atoms with van der Waals surface area (Å²) in [6.07, 6.45) is 0. The van der Waals surface area contributed by atoms with Crippen LogP contribution >= 0.6 is 0 Å². The number of aryl methyl sites for hydroxylation is 3. The molecule has 3 rings (SSSR count). The molecule has 1 amide bonds. The maximum absolute atomic E-state index is 12.8. The van der Waals surface area contributed by atoms with Gasteiger partial charge in [-0.05, 0) is 51.5 Å². The van der Waals surface area contributed by atoms with Crippen molar-refractivity contribution in [2.45, 2.75) is 40.8 Å². The van der Waals surface area contributed by atoms with E-state index < -0.39 is 0 Å². The Labute approximate surface area is 171 Å². The smallest absolute Gasteiger partial charge is 0.258 e. The number of anilines is 1. The zero-order valence-electron chi connectivity index (χ0n) is 17.4. The van der Waals surface area contributed by atoms with Crippen LogP contribution in [0.15, 0.2) is 59.6 Å². The lowest BCUT2D eigenvalue weighted by molar-refractivity contribution is 0.0976. The van der Waals surface area contributed by atoms with E-state index in [2.05, 4.69) is 27.6 Å². The van der Waals surface area contributed by atoms with Gasteiger partial charge in [0, 0.05) is 29.1 Å². The lowest BCUT2D eigenvalue weighted by Crippen LogP contribution is -2.36. The summed E-state index contributed by atoms with van der Waals surface area (Å²) in [5.74, 6) is 0.218. The summed E-state index contributed by atoms with van der Waals surface area (Å²) in [6.45, 7) is 9.26. The van der Waals surface area contributed by atoms with Crippen molar-refractivity contribution in [2.75, 3.05) is 5.32 Å². The van der Waals surface area contributed by atoms with E-state index in [4.69, 9.17) is 0 Å². The van der Waals surface area contributed by atoms with Crippen molar-refractivity contribution in [3.8, 4) is 0 Å². The zero-order chi connectivity index (χ0) is 20.8. The standard InChI is InChI=1S/C23H27N5O/c1-5-28-18(4)21(17(3)27-28)15-24-23(25-19-12-7-6-8-13-19)26-22(29)20-14-10-9-11-16(20)2/h6-14H,5,15H2,1-4H3,(H2,24,25,26,29). The zero-order valence-corrected chi connectivity index (χ0v) is 17.4. The molecule has 0 aliphatic carbocycles. The van der Waals surface area contributed by atoms with Crippen LogP contribution in [-0.4, -0.2) is 21.6 Å². The van der Waals surface area contributed by atoms with E-state index in [1.54, 1.807) is 0 Å². The third kappa shape index (κ3) is 4.90. The SMILES string of the molecule is CCn1nc(C)c(CN=C(NC(=O)c2ccccc2C)Nc2ccccc2)c1C. The Kier molecular flexibility index (Phi) is 6.44. The van der Waals surface area contributed by atoms with Crippen LogP contribution in [-0.2, 0) is 13.1 Å². The number of carbonyl (C=O) groups is 1. The maximum atomic E-state index is 12.8. The van der Waals surface area contributed by atoms with Crippen molar-refractivity contribution in [1.29, 1.82) is 0 Å². The predicted octanol–water partition coefficient (Wildman–Crippen LogP) is 4.23. The van der Waals surface area contributed by atoms with Crippen LogP contribution in [0.5, 0.6) is 0 Å². The summed E-state index contributed by atoms with van der Waals surface area (Å²) in [7, 11) is 0. The Morgan fingerprint density at radius 2 is 1.72 bits per heavy atom. The summed E-state index contributed by atoms with van der Waals surface area (Å²) in [5, 5.41) is 10.7. The van der Waals surface area contributed by atoms with Crippen molar-refractivity contribution in [3.05, 3.63) is 82.7 Å². The van der Waals surface area contributed by atoms with Crippen LogP contribution in [0.2, 0.25) is 0 Å². The van der Waals surface area contributed by atoms with E-state index in [-0.39, 0.29) is 5.91 Å². The molecule has 0 aliphatic heterocycles. The molecule has 0 spiro atoms. The molecule has 0 bridgehead atoms. The Morgan fingerprint density at radius 3 is 2.38 bits per heavy atom. The van der Waals surface area contributed by atoms with Crippen molar-refractivity contribution in [2.24, 2.45) is 4.99 Å². The first-order valence-electron chi connectivity index (χ1n) is 9.76. The molecule has 1 heterocycles. The van der Waals surface area contributed by atoms with Gasteiger partial charge in [-0.15, -0.1) is 0 Å². The summed E-state index contributed by atoms with van der Waals surface area (Å²) in [6, 6.07) is 17.2. The maximum Gasteiger partial charge on any atom is 0.258 e. The van der Waals surface area contributed by atoms with Gasteiger partial charge in [-0.3, -0.25) is 14.8 Å². The summed E-state index contributed by atoms with van der Waals surface area (Å²) in [4.78, 5) is 17.5. The quantitative estimate of drug-likeness (QED) is 0.507. The third-order valence-electron chi connectivity index (χ3n) is 4.88. The number of nitrogens with zero attached hydrogens (tertiary/aromatic N) is 3. The minimum absolute atomic E-state index is 0.192. The average molecular weight is 390 g/mol. The van der Waals surface area contributed by atoms with Crippen LogP contribution in [0.25, 0.3) is 0 Å². The van der Waals surface area contributed by atoms with Crippen LogP contribution in [0.4, 0.5) is 5.69 Å². The molecule has 6 nitrogen and oxygen atoms in total. The van der Waals surface area contributed by atoms with Crippen LogP contribution in [0, 0.1) is 20.8 Å². The van der Waals surface area contributed by atoms with Gasteiger partial charge in [-0.2, -0.15) is 5.10 Å².